The molecule has 1 aliphatic rings. The highest BCUT2D eigenvalue weighted by atomic mass is 32.1. The number of rotatable bonds is 5. The number of benzene rings is 1. The molecule has 1 aromatic carbocycles. The summed E-state index contributed by atoms with van der Waals surface area (Å²) in [6.07, 6.45) is 2.89. The van der Waals surface area contributed by atoms with E-state index in [9.17, 15) is 0 Å². The Labute approximate surface area is 167 Å². The molecular weight excluding hydrogens is 378 g/mol. The molecular formula is C20H21N3O2S2. The fourth-order valence-corrected chi connectivity index (χ4v) is 4.59. The quantitative estimate of drug-likeness (QED) is 0.643. The van der Waals surface area contributed by atoms with Crippen LogP contribution in [-0.4, -0.2) is 35.6 Å². The molecule has 7 heteroatoms. The lowest BCUT2D eigenvalue weighted by molar-refractivity contribution is 0.245. The number of hydrogen-bond acceptors (Lipinski definition) is 6. The molecule has 5 nitrogen and oxygen atoms in total. The summed E-state index contributed by atoms with van der Waals surface area (Å²) in [5, 5.41) is 0. The maximum Gasteiger partial charge on any atom is 0.196 e. The number of thiophene rings is 1. The summed E-state index contributed by atoms with van der Waals surface area (Å²) in [6, 6.07) is 10.4. The lowest BCUT2D eigenvalue weighted by atomic mass is 10.1. The number of ether oxygens (including phenoxy) is 2. The molecule has 3 aromatic rings. The molecule has 0 atom stereocenters. The molecule has 0 spiro atoms. The lowest BCUT2D eigenvalue weighted by Crippen LogP contribution is -2.30. The number of H-pyrrole nitrogens is 1. The molecule has 4 rings (SSSR count). The molecule has 0 saturated heterocycles. The molecule has 0 radical (unpaired) electrons. The normalized spacial score (nSPS) is 14.0. The average molecular weight is 400 g/mol. The predicted molar refractivity (Wildman–Crippen MR) is 110 cm³/mol. The van der Waals surface area contributed by atoms with E-state index in [0.717, 1.165) is 43.1 Å². The fraction of sp³-hybridized carbons (Fsp3) is 0.300. The Hall–Kier alpha value is -2.22. The van der Waals surface area contributed by atoms with E-state index in [4.69, 9.17) is 21.7 Å². The van der Waals surface area contributed by atoms with Crippen molar-refractivity contribution < 1.29 is 9.47 Å². The third-order valence-corrected chi connectivity index (χ3v) is 6.09. The molecule has 0 bridgehead atoms. The van der Waals surface area contributed by atoms with E-state index in [2.05, 4.69) is 33.1 Å². The summed E-state index contributed by atoms with van der Waals surface area (Å²) in [6.45, 7) is 2.86. The first kappa shape index (κ1) is 18.2. The van der Waals surface area contributed by atoms with Crippen LogP contribution in [0.5, 0.6) is 11.5 Å². The van der Waals surface area contributed by atoms with Gasteiger partial charge in [0, 0.05) is 53.3 Å². The molecule has 1 aliphatic heterocycles. The van der Waals surface area contributed by atoms with Crippen LogP contribution >= 0.6 is 23.6 Å². The highest BCUT2D eigenvalue weighted by molar-refractivity contribution is 7.71. The van der Waals surface area contributed by atoms with Crippen LogP contribution in [0.25, 0.3) is 10.4 Å². The van der Waals surface area contributed by atoms with Crippen molar-refractivity contribution in [2.75, 3.05) is 20.8 Å². The Balaban J connectivity index is 1.49. The number of nitrogens with zero attached hydrogens (tertiary/aromatic N) is 2. The van der Waals surface area contributed by atoms with Crippen LogP contribution in [0.1, 0.15) is 16.1 Å². The summed E-state index contributed by atoms with van der Waals surface area (Å²) in [5.41, 5.74) is 3.61. The van der Waals surface area contributed by atoms with Gasteiger partial charge in [-0.3, -0.25) is 4.90 Å². The smallest absolute Gasteiger partial charge is 0.196 e. The monoisotopic (exact) mass is 399 g/mol. The average Bonchev–Trinajstić information content (AvgIpc) is 3.16. The molecule has 0 saturated carbocycles. The number of aromatic nitrogens is 2. The Kier molecular flexibility index (Phi) is 5.24. The number of methoxy groups -OCH3 is 2. The summed E-state index contributed by atoms with van der Waals surface area (Å²) >= 11 is 6.94. The van der Waals surface area contributed by atoms with E-state index in [1.54, 1.807) is 14.2 Å². The van der Waals surface area contributed by atoms with E-state index < -0.39 is 0 Å². The summed E-state index contributed by atoms with van der Waals surface area (Å²) in [7, 11) is 3.32. The van der Waals surface area contributed by atoms with Gasteiger partial charge in [0.1, 0.15) is 0 Å². The van der Waals surface area contributed by atoms with Crippen LogP contribution in [-0.2, 0) is 19.5 Å². The van der Waals surface area contributed by atoms with Gasteiger partial charge in [-0.25, -0.2) is 4.98 Å². The van der Waals surface area contributed by atoms with Gasteiger partial charge < -0.3 is 14.5 Å². The SMILES string of the molecule is COc1ccc(-c2ccc(CN3CCc4[nH]c(=S)ncc4C3)s2)cc1OC. The van der Waals surface area contributed by atoms with Crippen molar-refractivity contribution in [3.05, 3.63) is 57.4 Å². The van der Waals surface area contributed by atoms with Gasteiger partial charge in [-0.05, 0) is 48.1 Å². The lowest BCUT2D eigenvalue weighted by Gasteiger charge is -2.27. The van der Waals surface area contributed by atoms with Crippen LogP contribution in [0.2, 0.25) is 0 Å². The van der Waals surface area contributed by atoms with Crippen LogP contribution in [0.4, 0.5) is 0 Å². The molecule has 140 valence electrons. The van der Waals surface area contributed by atoms with Crippen LogP contribution in [0, 0.1) is 4.77 Å². The number of nitrogens with one attached hydrogen (secondary N) is 1. The topological polar surface area (TPSA) is 50.4 Å². The Morgan fingerprint density at radius 1 is 1.19 bits per heavy atom. The zero-order valence-electron chi connectivity index (χ0n) is 15.3. The van der Waals surface area contributed by atoms with E-state index >= 15 is 0 Å². The van der Waals surface area contributed by atoms with Crippen molar-refractivity contribution in [1.82, 2.24) is 14.9 Å². The molecule has 27 heavy (non-hydrogen) atoms. The van der Waals surface area contributed by atoms with Crippen molar-refractivity contribution in [1.29, 1.82) is 0 Å². The number of aromatic amines is 1. The maximum atomic E-state index is 5.42. The van der Waals surface area contributed by atoms with Gasteiger partial charge in [0.2, 0.25) is 0 Å². The maximum absolute atomic E-state index is 5.42. The number of hydrogen-bond donors (Lipinski definition) is 1. The zero-order valence-corrected chi connectivity index (χ0v) is 17.0. The minimum atomic E-state index is 0.569. The second kappa shape index (κ2) is 7.80. The molecule has 0 unspecified atom stereocenters. The van der Waals surface area contributed by atoms with Crippen molar-refractivity contribution in [2.24, 2.45) is 0 Å². The zero-order chi connectivity index (χ0) is 18.8. The minimum absolute atomic E-state index is 0.569. The summed E-state index contributed by atoms with van der Waals surface area (Å²) in [5.74, 6) is 1.50. The van der Waals surface area contributed by atoms with Gasteiger partial charge in [0.25, 0.3) is 0 Å². The second-order valence-corrected chi connectivity index (χ2v) is 8.04. The van der Waals surface area contributed by atoms with Gasteiger partial charge in [-0.15, -0.1) is 11.3 Å². The van der Waals surface area contributed by atoms with Gasteiger partial charge in [-0.1, -0.05) is 0 Å². The van der Waals surface area contributed by atoms with Crippen molar-refractivity contribution in [3.63, 3.8) is 0 Å². The molecule has 1 N–H and O–H groups in total. The van der Waals surface area contributed by atoms with Crippen LogP contribution in [0.3, 0.4) is 0 Å². The minimum Gasteiger partial charge on any atom is -0.493 e. The van der Waals surface area contributed by atoms with Crippen molar-refractivity contribution >= 4 is 23.6 Å². The largest absolute Gasteiger partial charge is 0.493 e. The second-order valence-electron chi connectivity index (χ2n) is 6.49. The van der Waals surface area contributed by atoms with E-state index in [1.165, 1.54) is 21.0 Å². The Morgan fingerprint density at radius 3 is 2.85 bits per heavy atom. The van der Waals surface area contributed by atoms with Gasteiger partial charge in [0.15, 0.2) is 16.3 Å². The summed E-state index contributed by atoms with van der Waals surface area (Å²) in [4.78, 5) is 12.5. The van der Waals surface area contributed by atoms with E-state index in [0.29, 0.717) is 4.77 Å². The van der Waals surface area contributed by atoms with Crippen molar-refractivity contribution in [3.8, 4) is 21.9 Å². The first-order valence-electron chi connectivity index (χ1n) is 8.77. The summed E-state index contributed by atoms with van der Waals surface area (Å²) < 4.78 is 11.3. The molecule has 2 aromatic heterocycles. The predicted octanol–water partition coefficient (Wildman–Crippen LogP) is 4.44. The third-order valence-electron chi connectivity index (χ3n) is 4.76. The molecule has 0 amide bonds. The van der Waals surface area contributed by atoms with Gasteiger partial charge >= 0.3 is 0 Å². The van der Waals surface area contributed by atoms with Crippen LogP contribution in [0.15, 0.2) is 36.5 Å². The molecule has 0 aliphatic carbocycles. The van der Waals surface area contributed by atoms with Gasteiger partial charge in [-0.2, -0.15) is 0 Å². The fourth-order valence-electron chi connectivity index (χ4n) is 3.37. The van der Waals surface area contributed by atoms with E-state index in [-0.39, 0.29) is 0 Å². The standard InChI is InChI=1S/C20H21N3O2S2/c1-24-17-5-3-13(9-18(17)25-2)19-6-4-15(27-19)12-23-8-7-16-14(11-23)10-21-20(26)22-16/h3-6,9-10H,7-8,11-12H2,1-2H3,(H,21,22,26). The highest BCUT2D eigenvalue weighted by Crippen LogP contribution is 2.35. The van der Waals surface area contributed by atoms with E-state index in [1.807, 2.05) is 29.7 Å². The van der Waals surface area contributed by atoms with Crippen molar-refractivity contribution in [2.45, 2.75) is 19.5 Å². The van der Waals surface area contributed by atoms with Crippen LogP contribution < -0.4 is 9.47 Å². The first-order valence-corrected chi connectivity index (χ1v) is 9.99. The Bertz CT molecular complexity index is 1010. The number of fused-ring (bicyclic) bond motifs is 1. The van der Waals surface area contributed by atoms with Gasteiger partial charge in [0.05, 0.1) is 14.2 Å². The molecule has 3 heterocycles. The third kappa shape index (κ3) is 3.90. The first-order chi connectivity index (χ1) is 13.2. The Morgan fingerprint density at radius 2 is 2.04 bits per heavy atom. The molecule has 0 fully saturated rings. The highest BCUT2D eigenvalue weighted by Gasteiger charge is 2.18.